The Morgan fingerprint density at radius 2 is 1.68 bits per heavy atom. The van der Waals surface area contributed by atoms with Gasteiger partial charge in [-0.15, -0.1) is 11.8 Å². The maximum atomic E-state index is 12.3. The molecule has 1 aliphatic heterocycles. The van der Waals surface area contributed by atoms with E-state index in [4.69, 9.17) is 0 Å². The molecule has 3 nitrogen and oxygen atoms in total. The Hall–Kier alpha value is -1.78. The van der Waals surface area contributed by atoms with Crippen LogP contribution in [0, 0.1) is 0 Å². The van der Waals surface area contributed by atoms with Gasteiger partial charge in [0.2, 0.25) is 5.91 Å². The largest absolute Gasteiger partial charge is 0.390 e. The van der Waals surface area contributed by atoms with Gasteiger partial charge in [-0.05, 0) is 11.1 Å². The molecule has 0 saturated carbocycles. The van der Waals surface area contributed by atoms with Crippen molar-refractivity contribution in [3.63, 3.8) is 0 Å². The molecule has 114 valence electrons. The van der Waals surface area contributed by atoms with Crippen LogP contribution in [0.2, 0.25) is 0 Å². The first-order chi connectivity index (χ1) is 10.7. The van der Waals surface area contributed by atoms with Crippen LogP contribution in [0.5, 0.6) is 0 Å². The van der Waals surface area contributed by atoms with Gasteiger partial charge in [0.1, 0.15) is 0 Å². The zero-order valence-corrected chi connectivity index (χ0v) is 13.1. The van der Waals surface area contributed by atoms with Gasteiger partial charge in [0, 0.05) is 13.1 Å². The fourth-order valence-electron chi connectivity index (χ4n) is 2.70. The second-order valence-electron chi connectivity index (χ2n) is 5.47. The maximum absolute atomic E-state index is 12.3. The lowest BCUT2D eigenvalue weighted by atomic mass is 10.1. The number of carbonyl (C=O) groups is 1. The second-order valence-corrected chi connectivity index (χ2v) is 6.60. The number of hydrogen-bond acceptors (Lipinski definition) is 3. The first-order valence-electron chi connectivity index (χ1n) is 7.40. The van der Waals surface area contributed by atoms with E-state index < -0.39 is 6.10 Å². The number of hydrogen-bond donors (Lipinski definition) is 1. The summed E-state index contributed by atoms with van der Waals surface area (Å²) in [7, 11) is 0. The molecule has 0 aliphatic carbocycles. The molecule has 1 heterocycles. The van der Waals surface area contributed by atoms with E-state index in [1.54, 1.807) is 4.90 Å². The fraction of sp³-hybridized carbons (Fsp3) is 0.278. The summed E-state index contributed by atoms with van der Waals surface area (Å²) in [5.74, 6) is 0.495. The summed E-state index contributed by atoms with van der Waals surface area (Å²) in [5.41, 5.74) is 2.17. The Morgan fingerprint density at radius 1 is 1.05 bits per heavy atom. The van der Waals surface area contributed by atoms with E-state index in [-0.39, 0.29) is 11.2 Å². The summed E-state index contributed by atoms with van der Waals surface area (Å²) >= 11 is 1.53. The molecule has 1 N–H and O–H groups in total. The fourth-order valence-corrected chi connectivity index (χ4v) is 3.87. The molecule has 22 heavy (non-hydrogen) atoms. The number of carbonyl (C=O) groups excluding carboxylic acids is 1. The van der Waals surface area contributed by atoms with Crippen LogP contribution >= 0.6 is 11.8 Å². The molecule has 4 heteroatoms. The van der Waals surface area contributed by atoms with Crippen molar-refractivity contribution in [3.05, 3.63) is 71.8 Å². The minimum absolute atomic E-state index is 0.0501. The number of nitrogens with zero attached hydrogens (tertiary/aromatic N) is 1. The molecule has 3 rings (SSSR count). The van der Waals surface area contributed by atoms with E-state index >= 15 is 0 Å². The lowest BCUT2D eigenvalue weighted by Crippen LogP contribution is -2.36. The highest BCUT2D eigenvalue weighted by atomic mass is 32.2. The van der Waals surface area contributed by atoms with Crippen molar-refractivity contribution in [2.75, 3.05) is 12.3 Å². The third-order valence-corrected chi connectivity index (χ3v) is 5.20. The molecular weight excluding hydrogens is 294 g/mol. The Bertz CT molecular complexity index is 617. The van der Waals surface area contributed by atoms with Crippen LogP contribution in [0.25, 0.3) is 0 Å². The highest BCUT2D eigenvalue weighted by Crippen LogP contribution is 2.35. The molecule has 1 amide bonds. The van der Waals surface area contributed by atoms with Crippen molar-refractivity contribution >= 4 is 17.7 Å². The normalized spacial score (nSPS) is 22.4. The quantitative estimate of drug-likeness (QED) is 0.947. The Kier molecular flexibility index (Phi) is 4.80. The van der Waals surface area contributed by atoms with Crippen molar-refractivity contribution in [2.45, 2.75) is 17.9 Å². The van der Waals surface area contributed by atoms with Crippen LogP contribution in [0.1, 0.15) is 16.4 Å². The number of amides is 1. The molecule has 1 fully saturated rings. The Balaban J connectivity index is 1.74. The summed E-state index contributed by atoms with van der Waals surface area (Å²) in [6.07, 6.45) is -0.553. The van der Waals surface area contributed by atoms with Gasteiger partial charge in [-0.3, -0.25) is 4.79 Å². The number of benzene rings is 2. The van der Waals surface area contributed by atoms with Crippen LogP contribution in [-0.4, -0.2) is 34.3 Å². The molecule has 0 bridgehead atoms. The molecular formula is C18H19NO2S. The van der Waals surface area contributed by atoms with Crippen LogP contribution in [0.3, 0.4) is 0 Å². The van der Waals surface area contributed by atoms with Gasteiger partial charge >= 0.3 is 0 Å². The van der Waals surface area contributed by atoms with Crippen molar-refractivity contribution in [1.82, 2.24) is 4.90 Å². The molecule has 2 atom stereocenters. The van der Waals surface area contributed by atoms with Crippen molar-refractivity contribution < 1.29 is 9.90 Å². The van der Waals surface area contributed by atoms with Gasteiger partial charge in [0.25, 0.3) is 0 Å². The van der Waals surface area contributed by atoms with Crippen molar-refractivity contribution in [2.24, 2.45) is 0 Å². The number of rotatable bonds is 3. The molecule has 1 saturated heterocycles. The van der Waals surface area contributed by atoms with Gasteiger partial charge in [-0.1, -0.05) is 60.7 Å². The zero-order valence-electron chi connectivity index (χ0n) is 12.3. The predicted molar refractivity (Wildman–Crippen MR) is 89.5 cm³/mol. The minimum Gasteiger partial charge on any atom is -0.390 e. The molecule has 2 aromatic rings. The van der Waals surface area contributed by atoms with E-state index in [2.05, 4.69) is 0 Å². The van der Waals surface area contributed by atoms with Gasteiger partial charge in [0.15, 0.2) is 0 Å². The molecule has 0 radical (unpaired) electrons. The number of thioether (sulfide) groups is 1. The van der Waals surface area contributed by atoms with Crippen LogP contribution in [0.4, 0.5) is 0 Å². The summed E-state index contributed by atoms with van der Waals surface area (Å²) in [4.78, 5) is 14.1. The van der Waals surface area contributed by atoms with E-state index in [9.17, 15) is 9.90 Å². The van der Waals surface area contributed by atoms with Crippen LogP contribution in [-0.2, 0) is 11.3 Å². The predicted octanol–water partition coefficient (Wildman–Crippen LogP) is 2.86. The first-order valence-corrected chi connectivity index (χ1v) is 8.45. The lowest BCUT2D eigenvalue weighted by molar-refractivity contribution is -0.130. The standard InChI is InChI=1S/C18H19NO2S/c20-16-12-19(11-14-7-3-1-4-8-14)17(21)13-22-18(16)15-9-5-2-6-10-15/h1-10,16,18,20H,11-13H2/t16-,18+/m0/s1. The van der Waals surface area contributed by atoms with Crippen LogP contribution < -0.4 is 0 Å². The smallest absolute Gasteiger partial charge is 0.232 e. The summed E-state index contributed by atoms with van der Waals surface area (Å²) in [6.45, 7) is 0.930. The average Bonchev–Trinajstić information content (AvgIpc) is 2.69. The third-order valence-electron chi connectivity index (χ3n) is 3.84. The van der Waals surface area contributed by atoms with Crippen molar-refractivity contribution in [1.29, 1.82) is 0 Å². The highest BCUT2D eigenvalue weighted by Gasteiger charge is 2.30. The molecule has 0 spiro atoms. The number of aliphatic hydroxyl groups is 1. The SMILES string of the molecule is O=C1CS[C@H](c2ccccc2)[C@@H](O)CN1Cc1ccccc1. The average molecular weight is 313 g/mol. The monoisotopic (exact) mass is 313 g/mol. The topological polar surface area (TPSA) is 40.5 Å². The maximum Gasteiger partial charge on any atom is 0.232 e. The van der Waals surface area contributed by atoms with Crippen molar-refractivity contribution in [3.8, 4) is 0 Å². The Morgan fingerprint density at radius 3 is 2.36 bits per heavy atom. The first kappa shape index (κ1) is 15.1. The zero-order chi connectivity index (χ0) is 15.4. The van der Waals surface area contributed by atoms with E-state index in [0.717, 1.165) is 11.1 Å². The second kappa shape index (κ2) is 6.99. The summed E-state index contributed by atoms with van der Waals surface area (Å²) < 4.78 is 0. The highest BCUT2D eigenvalue weighted by molar-refractivity contribution is 8.00. The Labute approximate surface area is 135 Å². The summed E-state index contributed by atoms with van der Waals surface area (Å²) in [6, 6.07) is 19.8. The van der Waals surface area contributed by atoms with Gasteiger partial charge < -0.3 is 10.0 Å². The van der Waals surface area contributed by atoms with E-state index in [1.165, 1.54) is 11.8 Å². The number of β-amino-alcohol motifs (C(OH)–C–C–N with tert-alkyl or cyclic N) is 1. The minimum atomic E-state index is -0.553. The van der Waals surface area contributed by atoms with E-state index in [1.807, 2.05) is 60.7 Å². The molecule has 0 aromatic heterocycles. The van der Waals surface area contributed by atoms with Crippen LogP contribution in [0.15, 0.2) is 60.7 Å². The lowest BCUT2D eigenvalue weighted by Gasteiger charge is -2.24. The third kappa shape index (κ3) is 3.51. The van der Waals surface area contributed by atoms with Gasteiger partial charge in [-0.25, -0.2) is 0 Å². The van der Waals surface area contributed by atoms with E-state index in [0.29, 0.717) is 18.8 Å². The molecule has 1 aliphatic rings. The molecule has 2 aromatic carbocycles. The summed E-state index contributed by atoms with van der Waals surface area (Å²) in [5, 5.41) is 10.5. The molecule has 0 unspecified atom stereocenters. The van der Waals surface area contributed by atoms with Gasteiger partial charge in [-0.2, -0.15) is 0 Å². The number of aliphatic hydroxyl groups excluding tert-OH is 1. The van der Waals surface area contributed by atoms with Gasteiger partial charge in [0.05, 0.1) is 17.1 Å².